The number of morpholine rings is 1. The maximum Gasteiger partial charge on any atom is 0.186 e. The molecule has 1 aliphatic rings. The van der Waals surface area contributed by atoms with E-state index in [-0.39, 0.29) is 0 Å². The highest BCUT2D eigenvalue weighted by Crippen LogP contribution is 2.15. The average Bonchev–Trinajstić information content (AvgIpc) is 2.49. The van der Waals surface area contributed by atoms with E-state index in [2.05, 4.69) is 32.9 Å². The molecule has 0 radical (unpaired) electrons. The van der Waals surface area contributed by atoms with Crippen LogP contribution >= 0.6 is 12.2 Å². The molecule has 6 heteroatoms. The minimum atomic E-state index is 0.536. The van der Waals surface area contributed by atoms with Crippen LogP contribution in [-0.2, 0) is 4.74 Å². The highest BCUT2D eigenvalue weighted by molar-refractivity contribution is 7.80. The van der Waals surface area contributed by atoms with Crippen molar-refractivity contribution in [1.82, 2.24) is 10.7 Å². The van der Waals surface area contributed by atoms with E-state index in [1.54, 1.807) is 6.21 Å². The van der Waals surface area contributed by atoms with Crippen molar-refractivity contribution in [3.05, 3.63) is 29.8 Å². The Balaban J connectivity index is 1.87. The Morgan fingerprint density at radius 3 is 2.70 bits per heavy atom. The number of hydrogen-bond donors (Lipinski definition) is 2. The van der Waals surface area contributed by atoms with E-state index in [1.165, 1.54) is 5.69 Å². The van der Waals surface area contributed by atoms with Gasteiger partial charge < -0.3 is 15.0 Å². The molecule has 1 aromatic carbocycles. The van der Waals surface area contributed by atoms with Crippen LogP contribution in [0.3, 0.4) is 0 Å². The number of ether oxygens (including phenoxy) is 1. The molecule has 0 amide bonds. The monoisotopic (exact) mass is 292 g/mol. The normalized spacial score (nSPS) is 15.3. The van der Waals surface area contributed by atoms with E-state index in [4.69, 9.17) is 17.0 Å². The van der Waals surface area contributed by atoms with E-state index < -0.39 is 0 Å². The van der Waals surface area contributed by atoms with E-state index in [0.717, 1.165) is 38.4 Å². The molecule has 108 valence electrons. The lowest BCUT2D eigenvalue weighted by Crippen LogP contribution is -2.36. The Morgan fingerprint density at radius 2 is 2.05 bits per heavy atom. The highest BCUT2D eigenvalue weighted by Gasteiger charge is 2.10. The summed E-state index contributed by atoms with van der Waals surface area (Å²) in [5.74, 6) is 0. The second kappa shape index (κ2) is 7.81. The van der Waals surface area contributed by atoms with Crippen molar-refractivity contribution in [2.45, 2.75) is 6.92 Å². The molecule has 0 saturated carbocycles. The van der Waals surface area contributed by atoms with Gasteiger partial charge in [-0.15, -0.1) is 0 Å². The lowest BCUT2D eigenvalue weighted by Gasteiger charge is -2.28. The molecule has 2 N–H and O–H groups in total. The fourth-order valence-electron chi connectivity index (χ4n) is 1.96. The zero-order valence-electron chi connectivity index (χ0n) is 11.6. The first-order valence-electron chi connectivity index (χ1n) is 6.79. The Kier molecular flexibility index (Phi) is 5.76. The summed E-state index contributed by atoms with van der Waals surface area (Å²) in [6, 6.07) is 8.31. The van der Waals surface area contributed by atoms with E-state index in [0.29, 0.717) is 5.11 Å². The fraction of sp³-hybridized carbons (Fsp3) is 0.429. The third-order valence-corrected chi connectivity index (χ3v) is 3.22. The van der Waals surface area contributed by atoms with Crippen LogP contribution in [0.5, 0.6) is 0 Å². The number of benzene rings is 1. The molecule has 0 unspecified atom stereocenters. The molecule has 1 saturated heterocycles. The van der Waals surface area contributed by atoms with Gasteiger partial charge in [-0.2, -0.15) is 5.10 Å². The van der Waals surface area contributed by atoms with Gasteiger partial charge in [0.1, 0.15) is 0 Å². The maximum atomic E-state index is 5.35. The van der Waals surface area contributed by atoms with Crippen LogP contribution in [0.25, 0.3) is 0 Å². The van der Waals surface area contributed by atoms with Gasteiger partial charge in [-0.1, -0.05) is 12.1 Å². The summed E-state index contributed by atoms with van der Waals surface area (Å²) < 4.78 is 5.35. The minimum Gasteiger partial charge on any atom is -0.378 e. The Hall–Kier alpha value is -1.66. The molecule has 20 heavy (non-hydrogen) atoms. The number of hydrogen-bond acceptors (Lipinski definition) is 4. The van der Waals surface area contributed by atoms with Crippen molar-refractivity contribution < 1.29 is 4.74 Å². The third-order valence-electron chi connectivity index (χ3n) is 2.99. The third kappa shape index (κ3) is 4.47. The number of nitrogens with zero attached hydrogens (tertiary/aromatic N) is 2. The predicted octanol–water partition coefficient (Wildman–Crippen LogP) is 1.34. The van der Waals surface area contributed by atoms with E-state index in [9.17, 15) is 0 Å². The van der Waals surface area contributed by atoms with Crippen LogP contribution < -0.4 is 15.6 Å². The molecule has 0 aliphatic carbocycles. The fourth-order valence-corrected chi connectivity index (χ4v) is 2.16. The van der Waals surface area contributed by atoms with Crippen LogP contribution in [0.1, 0.15) is 12.5 Å². The molecule has 0 spiro atoms. The summed E-state index contributed by atoms with van der Waals surface area (Å²) in [5, 5.41) is 7.60. The Labute approximate surface area is 125 Å². The number of thiocarbonyl (C=S) groups is 1. The van der Waals surface area contributed by atoms with Gasteiger partial charge in [-0.05, 0) is 36.8 Å². The van der Waals surface area contributed by atoms with Crippen LogP contribution in [0.2, 0.25) is 0 Å². The average molecular weight is 292 g/mol. The molecular formula is C14H20N4OS. The number of anilines is 1. The van der Waals surface area contributed by atoms with Gasteiger partial charge in [0.15, 0.2) is 5.11 Å². The summed E-state index contributed by atoms with van der Waals surface area (Å²) >= 11 is 5.02. The molecule has 1 aliphatic heterocycles. The molecule has 1 fully saturated rings. The van der Waals surface area contributed by atoms with Crippen LogP contribution in [-0.4, -0.2) is 44.2 Å². The summed E-state index contributed by atoms with van der Waals surface area (Å²) in [4.78, 5) is 2.32. The van der Waals surface area contributed by atoms with Crippen LogP contribution in [0, 0.1) is 0 Å². The van der Waals surface area contributed by atoms with Gasteiger partial charge in [0, 0.05) is 25.3 Å². The SMILES string of the molecule is CCNC(=S)NN=Cc1ccc(N2CCOCC2)cc1. The van der Waals surface area contributed by atoms with Gasteiger partial charge in [-0.3, -0.25) is 5.43 Å². The summed E-state index contributed by atoms with van der Waals surface area (Å²) in [6.45, 7) is 6.28. The summed E-state index contributed by atoms with van der Waals surface area (Å²) in [5.41, 5.74) is 5.03. The predicted molar refractivity (Wildman–Crippen MR) is 86.5 cm³/mol. The maximum absolute atomic E-state index is 5.35. The summed E-state index contributed by atoms with van der Waals surface area (Å²) in [6.07, 6.45) is 1.76. The molecule has 2 rings (SSSR count). The molecule has 1 aromatic rings. The van der Waals surface area contributed by atoms with E-state index >= 15 is 0 Å². The molecule has 0 atom stereocenters. The van der Waals surface area contributed by atoms with Crippen molar-refractivity contribution in [1.29, 1.82) is 0 Å². The Bertz CT molecular complexity index is 455. The highest BCUT2D eigenvalue weighted by atomic mass is 32.1. The zero-order chi connectivity index (χ0) is 14.2. The van der Waals surface area contributed by atoms with Gasteiger partial charge in [-0.25, -0.2) is 0 Å². The zero-order valence-corrected chi connectivity index (χ0v) is 12.4. The van der Waals surface area contributed by atoms with Gasteiger partial charge in [0.2, 0.25) is 0 Å². The van der Waals surface area contributed by atoms with Gasteiger partial charge >= 0.3 is 0 Å². The first-order valence-corrected chi connectivity index (χ1v) is 7.20. The van der Waals surface area contributed by atoms with Crippen molar-refractivity contribution in [2.24, 2.45) is 5.10 Å². The van der Waals surface area contributed by atoms with Crippen molar-refractivity contribution in [2.75, 3.05) is 37.7 Å². The second-order valence-corrected chi connectivity index (χ2v) is 4.83. The van der Waals surface area contributed by atoms with Crippen molar-refractivity contribution >= 4 is 29.2 Å². The first kappa shape index (κ1) is 14.7. The van der Waals surface area contributed by atoms with Crippen molar-refractivity contribution in [3.8, 4) is 0 Å². The lowest BCUT2D eigenvalue weighted by molar-refractivity contribution is 0.122. The minimum absolute atomic E-state index is 0.536. The molecule has 0 bridgehead atoms. The Morgan fingerprint density at radius 1 is 1.35 bits per heavy atom. The summed E-state index contributed by atoms with van der Waals surface area (Å²) in [7, 11) is 0. The molecule has 1 heterocycles. The van der Waals surface area contributed by atoms with Crippen LogP contribution in [0.4, 0.5) is 5.69 Å². The molecular weight excluding hydrogens is 272 g/mol. The van der Waals surface area contributed by atoms with Crippen molar-refractivity contribution in [3.63, 3.8) is 0 Å². The lowest BCUT2D eigenvalue weighted by atomic mass is 10.2. The van der Waals surface area contributed by atoms with Crippen LogP contribution in [0.15, 0.2) is 29.4 Å². The molecule has 5 nitrogen and oxygen atoms in total. The second-order valence-electron chi connectivity index (χ2n) is 4.42. The topological polar surface area (TPSA) is 48.9 Å². The number of nitrogens with one attached hydrogen (secondary N) is 2. The largest absolute Gasteiger partial charge is 0.378 e. The van der Waals surface area contributed by atoms with Gasteiger partial charge in [0.25, 0.3) is 0 Å². The smallest absolute Gasteiger partial charge is 0.186 e. The number of hydrazone groups is 1. The van der Waals surface area contributed by atoms with E-state index in [1.807, 2.05) is 19.1 Å². The standard InChI is InChI=1S/C14H20N4OS/c1-2-15-14(20)17-16-11-12-3-5-13(6-4-12)18-7-9-19-10-8-18/h3-6,11H,2,7-10H2,1H3,(H2,15,17,20). The number of rotatable bonds is 4. The quantitative estimate of drug-likeness (QED) is 0.498. The molecule has 0 aromatic heterocycles. The first-order chi connectivity index (χ1) is 9.79. The van der Waals surface area contributed by atoms with Gasteiger partial charge in [0.05, 0.1) is 19.4 Å².